The highest BCUT2D eigenvalue weighted by atomic mass is 16.3. The Morgan fingerprint density at radius 3 is 1.41 bits per heavy atom. The van der Waals surface area contributed by atoms with Crippen molar-refractivity contribution in [3.8, 4) is 39.1 Å². The fourth-order valence-electron chi connectivity index (χ4n) is 9.73. The third kappa shape index (κ3) is 5.84. The molecule has 0 saturated heterocycles. The number of nitrogens with zero attached hydrogens (tertiary/aromatic N) is 2. The minimum Gasteiger partial charge on any atom is -0.456 e. The molecule has 0 amide bonds. The van der Waals surface area contributed by atoms with Crippen molar-refractivity contribution in [1.29, 1.82) is 0 Å². The fraction of sp³-hybridized carbons (Fsp3) is 0. The number of benzene rings is 10. The molecule has 0 N–H and O–H groups in total. The first-order valence-electron chi connectivity index (χ1n) is 21.7. The summed E-state index contributed by atoms with van der Waals surface area (Å²) in [6.45, 7) is 0. The van der Waals surface area contributed by atoms with Crippen LogP contribution in [-0.4, -0.2) is 4.57 Å². The first kappa shape index (κ1) is 36.1. The summed E-state index contributed by atoms with van der Waals surface area (Å²) in [7, 11) is 0. The van der Waals surface area contributed by atoms with Gasteiger partial charge in [0.2, 0.25) is 0 Å². The topological polar surface area (TPSA) is 34.5 Å². The molecule has 13 aromatic rings. The molecule has 0 aliphatic carbocycles. The van der Waals surface area contributed by atoms with E-state index in [-0.39, 0.29) is 0 Å². The average Bonchev–Trinajstić information content (AvgIpc) is 4.04. The molecule has 0 aliphatic heterocycles. The molecule has 0 saturated carbocycles. The van der Waals surface area contributed by atoms with Crippen LogP contribution in [0.15, 0.2) is 239 Å². The lowest BCUT2D eigenvalue weighted by molar-refractivity contribution is 0.668. The van der Waals surface area contributed by atoms with Crippen LogP contribution in [0.3, 0.4) is 0 Å². The van der Waals surface area contributed by atoms with Gasteiger partial charge in [-0.25, -0.2) is 0 Å². The summed E-state index contributed by atoms with van der Waals surface area (Å²) in [5.41, 5.74) is 17.3. The van der Waals surface area contributed by atoms with Gasteiger partial charge in [0.15, 0.2) is 0 Å². The van der Waals surface area contributed by atoms with E-state index in [9.17, 15) is 0 Å². The summed E-state index contributed by atoms with van der Waals surface area (Å²) in [6, 6.07) is 82.2. The Balaban J connectivity index is 0.862. The molecule has 4 nitrogen and oxygen atoms in total. The Hall–Kier alpha value is -8.60. The van der Waals surface area contributed by atoms with Crippen molar-refractivity contribution in [1.82, 2.24) is 4.57 Å². The average molecular weight is 819 g/mol. The van der Waals surface area contributed by atoms with Crippen LogP contribution in [0.5, 0.6) is 0 Å². The van der Waals surface area contributed by atoms with E-state index >= 15 is 0 Å². The molecular formula is C60H38N2O2. The standard InChI is InChI=1S/C60H38N2O2/c1-2-10-39(11-3-1)40-18-27-45(28-19-40)61(47-31-24-43(25-32-47)44-26-36-57-53(38-44)50-13-5-8-16-55(50)63-57)46-29-20-41(21-30-46)42-22-33-48(34-23-42)62-54-15-7-4-12-49(54)51-35-37-58-59(60(51)62)52-14-6-9-17-56(52)64-58/h1-38H. The van der Waals surface area contributed by atoms with Crippen molar-refractivity contribution in [2.45, 2.75) is 0 Å². The zero-order chi connectivity index (χ0) is 42.1. The van der Waals surface area contributed by atoms with Gasteiger partial charge in [-0.1, -0.05) is 140 Å². The van der Waals surface area contributed by atoms with E-state index in [1.54, 1.807) is 0 Å². The molecule has 0 atom stereocenters. The molecule has 13 rings (SSSR count). The van der Waals surface area contributed by atoms with Crippen LogP contribution in [0.2, 0.25) is 0 Å². The van der Waals surface area contributed by atoms with Crippen LogP contribution in [0.25, 0.3) is 105 Å². The van der Waals surface area contributed by atoms with Crippen LogP contribution in [-0.2, 0) is 0 Å². The normalized spacial score (nSPS) is 11.8. The summed E-state index contributed by atoms with van der Waals surface area (Å²) in [6.07, 6.45) is 0. The van der Waals surface area contributed by atoms with E-state index in [2.05, 4.69) is 222 Å². The maximum Gasteiger partial charge on any atom is 0.137 e. The number of hydrogen-bond donors (Lipinski definition) is 0. The van der Waals surface area contributed by atoms with Gasteiger partial charge in [-0.05, 0) is 124 Å². The second-order valence-electron chi connectivity index (χ2n) is 16.5. The zero-order valence-corrected chi connectivity index (χ0v) is 34.7. The number of rotatable bonds is 7. The van der Waals surface area contributed by atoms with Gasteiger partial charge in [0, 0.05) is 49.7 Å². The van der Waals surface area contributed by atoms with Gasteiger partial charge in [0.05, 0.1) is 16.4 Å². The van der Waals surface area contributed by atoms with Crippen LogP contribution < -0.4 is 4.90 Å². The van der Waals surface area contributed by atoms with Crippen molar-refractivity contribution in [3.63, 3.8) is 0 Å². The third-order valence-corrected chi connectivity index (χ3v) is 12.8. The second kappa shape index (κ2) is 14.5. The molecule has 0 radical (unpaired) electrons. The number of fused-ring (bicyclic) bond motifs is 10. The Labute approximate surface area is 369 Å². The summed E-state index contributed by atoms with van der Waals surface area (Å²) < 4.78 is 14.9. The summed E-state index contributed by atoms with van der Waals surface area (Å²) >= 11 is 0. The van der Waals surface area contributed by atoms with Crippen molar-refractivity contribution in [2.75, 3.05) is 4.90 Å². The first-order valence-corrected chi connectivity index (χ1v) is 21.7. The largest absolute Gasteiger partial charge is 0.456 e. The summed E-state index contributed by atoms with van der Waals surface area (Å²) in [5, 5.41) is 6.97. The highest BCUT2D eigenvalue weighted by Gasteiger charge is 2.20. The zero-order valence-electron chi connectivity index (χ0n) is 34.7. The number of anilines is 3. The Bertz CT molecular complexity index is 3860. The van der Waals surface area contributed by atoms with Crippen molar-refractivity contribution < 1.29 is 8.83 Å². The molecule has 0 bridgehead atoms. The highest BCUT2D eigenvalue weighted by Crippen LogP contribution is 2.42. The highest BCUT2D eigenvalue weighted by molar-refractivity contribution is 6.24. The smallest absolute Gasteiger partial charge is 0.137 e. The minimum atomic E-state index is 0.896. The number of aromatic nitrogens is 1. The van der Waals surface area contributed by atoms with Gasteiger partial charge in [-0.15, -0.1) is 0 Å². The minimum absolute atomic E-state index is 0.896. The lowest BCUT2D eigenvalue weighted by atomic mass is 10.0. The molecule has 0 aliphatic rings. The van der Waals surface area contributed by atoms with E-state index in [0.29, 0.717) is 0 Å². The van der Waals surface area contributed by atoms with Crippen molar-refractivity contribution >= 4 is 82.7 Å². The van der Waals surface area contributed by atoms with Crippen LogP contribution in [0.1, 0.15) is 0 Å². The SMILES string of the molecule is c1ccc(-c2ccc(N(c3ccc(-c4ccc(-n5c6ccccc6c6ccc7oc8ccccc8c7c65)cc4)cc3)c3ccc(-c4ccc5oc6ccccc6c5c4)cc3)cc2)cc1. The van der Waals surface area contributed by atoms with Gasteiger partial charge < -0.3 is 18.3 Å². The van der Waals surface area contributed by atoms with Gasteiger partial charge in [-0.2, -0.15) is 0 Å². The molecule has 10 aromatic carbocycles. The number of furan rings is 2. The van der Waals surface area contributed by atoms with Gasteiger partial charge in [-0.3, -0.25) is 0 Å². The number of para-hydroxylation sites is 3. The maximum absolute atomic E-state index is 6.36. The van der Waals surface area contributed by atoms with Crippen LogP contribution >= 0.6 is 0 Å². The van der Waals surface area contributed by atoms with Gasteiger partial charge in [0.1, 0.15) is 22.3 Å². The van der Waals surface area contributed by atoms with E-state index < -0.39 is 0 Å². The van der Waals surface area contributed by atoms with Gasteiger partial charge in [0.25, 0.3) is 0 Å². The molecular weight excluding hydrogens is 781 g/mol. The van der Waals surface area contributed by atoms with E-state index in [1.807, 2.05) is 18.2 Å². The van der Waals surface area contributed by atoms with Crippen molar-refractivity contribution in [2.24, 2.45) is 0 Å². The van der Waals surface area contributed by atoms with Crippen LogP contribution in [0, 0.1) is 0 Å². The second-order valence-corrected chi connectivity index (χ2v) is 16.5. The van der Waals surface area contributed by atoms with Crippen LogP contribution in [0.4, 0.5) is 17.1 Å². The molecule has 300 valence electrons. The molecule has 64 heavy (non-hydrogen) atoms. The van der Waals surface area contributed by atoms with E-state index in [0.717, 1.165) is 88.9 Å². The molecule has 0 fully saturated rings. The lowest BCUT2D eigenvalue weighted by Gasteiger charge is -2.26. The fourth-order valence-corrected chi connectivity index (χ4v) is 9.73. The molecule has 3 aromatic heterocycles. The summed E-state index contributed by atoms with van der Waals surface area (Å²) in [4.78, 5) is 2.33. The van der Waals surface area contributed by atoms with Gasteiger partial charge >= 0.3 is 0 Å². The molecule has 3 heterocycles. The third-order valence-electron chi connectivity index (χ3n) is 12.8. The molecule has 4 heteroatoms. The van der Waals surface area contributed by atoms with E-state index in [1.165, 1.54) is 32.9 Å². The predicted molar refractivity (Wildman–Crippen MR) is 266 cm³/mol. The first-order chi connectivity index (χ1) is 31.7. The quantitative estimate of drug-likeness (QED) is 0.161. The predicted octanol–water partition coefficient (Wildman–Crippen LogP) is 17.1. The maximum atomic E-state index is 6.36. The number of hydrogen-bond acceptors (Lipinski definition) is 3. The Morgan fingerprint density at radius 2 is 0.750 bits per heavy atom. The summed E-state index contributed by atoms with van der Waals surface area (Å²) in [5.74, 6) is 0. The van der Waals surface area contributed by atoms with E-state index in [4.69, 9.17) is 8.83 Å². The molecule has 0 spiro atoms. The molecule has 0 unspecified atom stereocenters. The van der Waals surface area contributed by atoms with Crippen molar-refractivity contribution in [3.05, 3.63) is 231 Å². The Morgan fingerprint density at radius 1 is 0.297 bits per heavy atom. The monoisotopic (exact) mass is 818 g/mol. The Kier molecular flexibility index (Phi) is 8.18. The lowest BCUT2D eigenvalue weighted by Crippen LogP contribution is -2.09.